The SMILES string of the molecule is CC(=O)c1ccc(S(=O)(=O)NCCN2C(=O)CNC2=O)cc1. The van der Waals surface area contributed by atoms with Crippen molar-refractivity contribution in [1.82, 2.24) is 14.9 Å². The zero-order chi connectivity index (χ0) is 16.3. The van der Waals surface area contributed by atoms with Gasteiger partial charge in [0.1, 0.15) is 0 Å². The maximum absolute atomic E-state index is 12.1. The number of nitrogens with one attached hydrogen (secondary N) is 2. The summed E-state index contributed by atoms with van der Waals surface area (Å²) in [6, 6.07) is 4.97. The molecule has 8 nitrogen and oxygen atoms in total. The van der Waals surface area contributed by atoms with Crippen molar-refractivity contribution in [1.29, 1.82) is 0 Å². The van der Waals surface area contributed by atoms with E-state index in [1.165, 1.54) is 31.2 Å². The topological polar surface area (TPSA) is 113 Å². The molecule has 0 saturated carbocycles. The lowest BCUT2D eigenvalue weighted by Crippen LogP contribution is -2.38. The molecule has 3 amide bonds. The first-order valence-corrected chi connectivity index (χ1v) is 7.98. The number of benzene rings is 1. The van der Waals surface area contributed by atoms with Crippen molar-refractivity contribution in [3.63, 3.8) is 0 Å². The standard InChI is InChI=1S/C13H15N3O5S/c1-9(17)10-2-4-11(5-3-10)22(20,21)15-6-7-16-12(18)8-14-13(16)19/h2-5,15H,6-8H2,1H3,(H,14,19). The molecule has 118 valence electrons. The molecule has 1 fully saturated rings. The first-order chi connectivity index (χ1) is 10.3. The molecule has 1 aromatic carbocycles. The number of carbonyl (C=O) groups is 3. The first kappa shape index (κ1) is 16.1. The van der Waals surface area contributed by atoms with E-state index in [9.17, 15) is 22.8 Å². The van der Waals surface area contributed by atoms with Gasteiger partial charge in [0.05, 0.1) is 11.4 Å². The van der Waals surface area contributed by atoms with Crippen LogP contribution in [0.5, 0.6) is 0 Å². The number of carbonyl (C=O) groups excluding carboxylic acids is 3. The van der Waals surface area contributed by atoms with Crippen LogP contribution >= 0.6 is 0 Å². The Hall–Kier alpha value is -2.26. The summed E-state index contributed by atoms with van der Waals surface area (Å²) in [5.74, 6) is -0.550. The summed E-state index contributed by atoms with van der Waals surface area (Å²) in [5, 5.41) is 2.34. The zero-order valence-corrected chi connectivity index (χ0v) is 12.6. The highest BCUT2D eigenvalue weighted by Gasteiger charge is 2.28. The van der Waals surface area contributed by atoms with Crippen molar-refractivity contribution in [3.05, 3.63) is 29.8 Å². The molecule has 1 aliphatic rings. The predicted octanol–water partition coefficient (Wildman–Crippen LogP) is -0.281. The highest BCUT2D eigenvalue weighted by molar-refractivity contribution is 7.89. The van der Waals surface area contributed by atoms with Crippen LogP contribution in [0, 0.1) is 0 Å². The monoisotopic (exact) mass is 325 g/mol. The molecule has 0 bridgehead atoms. The van der Waals surface area contributed by atoms with Gasteiger partial charge in [-0.2, -0.15) is 0 Å². The molecule has 1 aromatic rings. The van der Waals surface area contributed by atoms with Gasteiger partial charge in [0, 0.05) is 18.7 Å². The third-order valence-electron chi connectivity index (χ3n) is 3.14. The lowest BCUT2D eigenvalue weighted by molar-refractivity contribution is -0.124. The number of amides is 3. The third kappa shape index (κ3) is 3.49. The number of imide groups is 1. The predicted molar refractivity (Wildman–Crippen MR) is 76.7 cm³/mol. The molecule has 0 atom stereocenters. The van der Waals surface area contributed by atoms with E-state index in [-0.39, 0.29) is 30.3 Å². The molecule has 0 radical (unpaired) electrons. The van der Waals surface area contributed by atoms with E-state index in [4.69, 9.17) is 0 Å². The van der Waals surface area contributed by atoms with Crippen LogP contribution in [0.25, 0.3) is 0 Å². The number of nitrogens with zero attached hydrogens (tertiary/aromatic N) is 1. The van der Waals surface area contributed by atoms with Crippen molar-refractivity contribution in [3.8, 4) is 0 Å². The number of hydrogen-bond acceptors (Lipinski definition) is 5. The van der Waals surface area contributed by atoms with Gasteiger partial charge in [-0.3, -0.25) is 14.5 Å². The molecule has 0 aliphatic carbocycles. The summed E-state index contributed by atoms with van der Waals surface area (Å²) in [4.78, 5) is 34.7. The Bertz CT molecular complexity index is 696. The molecule has 2 N–H and O–H groups in total. The van der Waals surface area contributed by atoms with E-state index in [2.05, 4.69) is 10.0 Å². The minimum atomic E-state index is -3.76. The van der Waals surface area contributed by atoms with Gasteiger partial charge >= 0.3 is 6.03 Å². The van der Waals surface area contributed by atoms with Crippen molar-refractivity contribution < 1.29 is 22.8 Å². The number of hydrogen-bond donors (Lipinski definition) is 2. The molecule has 1 heterocycles. The number of Topliss-reactive ketones (excluding diaryl/α,β-unsaturated/α-hetero) is 1. The van der Waals surface area contributed by atoms with Crippen LogP contribution in [0.2, 0.25) is 0 Å². The van der Waals surface area contributed by atoms with E-state index in [1.807, 2.05) is 0 Å². The minimum Gasteiger partial charge on any atom is -0.329 e. The second-order valence-corrected chi connectivity index (χ2v) is 6.45. The van der Waals surface area contributed by atoms with E-state index < -0.39 is 22.0 Å². The summed E-state index contributed by atoms with van der Waals surface area (Å²) in [6.45, 7) is 1.18. The summed E-state index contributed by atoms with van der Waals surface area (Å²) in [5.41, 5.74) is 0.415. The fourth-order valence-electron chi connectivity index (χ4n) is 1.93. The Kier molecular flexibility index (Phi) is 4.57. The van der Waals surface area contributed by atoms with Gasteiger partial charge in [0.15, 0.2) is 5.78 Å². The number of ketones is 1. The van der Waals surface area contributed by atoms with E-state index >= 15 is 0 Å². The quantitative estimate of drug-likeness (QED) is 0.552. The Labute approximate surface area is 127 Å². The Morgan fingerprint density at radius 2 is 1.91 bits per heavy atom. The lowest BCUT2D eigenvalue weighted by Gasteiger charge is -2.13. The molecular formula is C13H15N3O5S. The summed E-state index contributed by atoms with van der Waals surface area (Å²) < 4.78 is 26.4. The molecular weight excluding hydrogens is 310 g/mol. The first-order valence-electron chi connectivity index (χ1n) is 6.50. The highest BCUT2D eigenvalue weighted by Crippen LogP contribution is 2.11. The molecule has 1 saturated heterocycles. The fourth-order valence-corrected chi connectivity index (χ4v) is 2.95. The average molecular weight is 325 g/mol. The number of urea groups is 1. The number of sulfonamides is 1. The average Bonchev–Trinajstić information content (AvgIpc) is 2.79. The Morgan fingerprint density at radius 3 is 2.41 bits per heavy atom. The normalized spacial score (nSPS) is 15.0. The molecule has 1 aliphatic heterocycles. The second-order valence-electron chi connectivity index (χ2n) is 4.68. The largest absolute Gasteiger partial charge is 0.329 e. The van der Waals surface area contributed by atoms with Crippen LogP contribution < -0.4 is 10.0 Å². The smallest absolute Gasteiger partial charge is 0.324 e. The van der Waals surface area contributed by atoms with Gasteiger partial charge in [-0.15, -0.1) is 0 Å². The maximum atomic E-state index is 12.1. The van der Waals surface area contributed by atoms with Gasteiger partial charge in [-0.05, 0) is 19.1 Å². The van der Waals surface area contributed by atoms with E-state index in [1.54, 1.807) is 0 Å². The summed E-state index contributed by atoms with van der Waals surface area (Å²) in [6.07, 6.45) is 0. The Balaban J connectivity index is 1.97. The maximum Gasteiger partial charge on any atom is 0.324 e. The molecule has 9 heteroatoms. The van der Waals surface area contributed by atoms with E-state index in [0.717, 1.165) is 4.90 Å². The van der Waals surface area contributed by atoms with Crippen molar-refractivity contribution in [2.75, 3.05) is 19.6 Å². The molecule has 0 spiro atoms. The molecule has 2 rings (SSSR count). The van der Waals surface area contributed by atoms with Gasteiger partial charge in [-0.25, -0.2) is 17.9 Å². The molecule has 0 unspecified atom stereocenters. The zero-order valence-electron chi connectivity index (χ0n) is 11.8. The van der Waals surface area contributed by atoms with Crippen LogP contribution in [-0.2, 0) is 14.8 Å². The van der Waals surface area contributed by atoms with Crippen molar-refractivity contribution in [2.24, 2.45) is 0 Å². The van der Waals surface area contributed by atoms with Gasteiger partial charge in [0.25, 0.3) is 0 Å². The van der Waals surface area contributed by atoms with E-state index in [0.29, 0.717) is 5.56 Å². The molecule has 22 heavy (non-hydrogen) atoms. The van der Waals surface area contributed by atoms with Crippen LogP contribution in [0.1, 0.15) is 17.3 Å². The van der Waals surface area contributed by atoms with Crippen molar-refractivity contribution >= 4 is 27.7 Å². The summed E-state index contributed by atoms with van der Waals surface area (Å²) >= 11 is 0. The van der Waals surface area contributed by atoms with Gasteiger partial charge in [-0.1, -0.05) is 12.1 Å². The molecule has 0 aromatic heterocycles. The third-order valence-corrected chi connectivity index (χ3v) is 4.61. The Morgan fingerprint density at radius 1 is 1.27 bits per heavy atom. The highest BCUT2D eigenvalue weighted by atomic mass is 32.2. The second kappa shape index (κ2) is 6.24. The van der Waals surface area contributed by atoms with Crippen LogP contribution in [-0.4, -0.2) is 50.7 Å². The van der Waals surface area contributed by atoms with Gasteiger partial charge in [0.2, 0.25) is 15.9 Å². The van der Waals surface area contributed by atoms with Crippen LogP contribution in [0.3, 0.4) is 0 Å². The summed E-state index contributed by atoms with van der Waals surface area (Å²) in [7, 11) is -3.76. The minimum absolute atomic E-state index is 0.00898. The fraction of sp³-hybridized carbons (Fsp3) is 0.308. The van der Waals surface area contributed by atoms with Crippen molar-refractivity contribution in [2.45, 2.75) is 11.8 Å². The lowest BCUT2D eigenvalue weighted by atomic mass is 10.2. The van der Waals surface area contributed by atoms with Crippen LogP contribution in [0.15, 0.2) is 29.2 Å². The number of rotatable bonds is 6. The van der Waals surface area contributed by atoms with Crippen LogP contribution in [0.4, 0.5) is 4.79 Å². The van der Waals surface area contributed by atoms with Gasteiger partial charge < -0.3 is 5.32 Å².